The molecule has 7 heteroatoms. The predicted octanol–water partition coefficient (Wildman–Crippen LogP) is 3.34. The molecule has 2 fully saturated rings. The third kappa shape index (κ3) is 5.33. The summed E-state index contributed by atoms with van der Waals surface area (Å²) in [4.78, 5) is 34.4. The highest BCUT2D eigenvalue weighted by Gasteiger charge is 2.32. The van der Waals surface area contributed by atoms with Gasteiger partial charge in [-0.15, -0.1) is 0 Å². The van der Waals surface area contributed by atoms with Crippen molar-refractivity contribution in [2.45, 2.75) is 38.6 Å². The summed E-state index contributed by atoms with van der Waals surface area (Å²) in [5.74, 6) is -0.283. The standard InChI is InChI=1S/C25H31FN4O2/c1-2-29-11-13-30(14-12-29)25(32)19-6-4-8-22(16-19)28-24(31)20-9-10-23(27-17-20)18-5-3-7-21(26)15-18/h3,5,7,9-10,15,17,19,22H,2,4,6,8,11-14,16H2,1H3,(H,28,31)/t19-,22+/m0/s1. The molecular formula is C25H31FN4O2. The molecule has 0 unspecified atom stereocenters. The molecule has 1 saturated carbocycles. The van der Waals surface area contributed by atoms with Crippen LogP contribution in [-0.2, 0) is 4.79 Å². The van der Waals surface area contributed by atoms with Gasteiger partial charge < -0.3 is 15.1 Å². The fourth-order valence-electron chi connectivity index (χ4n) is 4.70. The number of carbonyl (C=O) groups is 2. The van der Waals surface area contributed by atoms with Crippen LogP contribution < -0.4 is 5.32 Å². The highest BCUT2D eigenvalue weighted by atomic mass is 19.1. The Morgan fingerprint density at radius 1 is 1.12 bits per heavy atom. The molecule has 32 heavy (non-hydrogen) atoms. The van der Waals surface area contributed by atoms with Crippen molar-refractivity contribution in [1.82, 2.24) is 20.1 Å². The second kappa shape index (κ2) is 10.2. The first-order valence-electron chi connectivity index (χ1n) is 11.6. The van der Waals surface area contributed by atoms with Gasteiger partial charge >= 0.3 is 0 Å². The number of halogens is 1. The molecule has 0 spiro atoms. The van der Waals surface area contributed by atoms with Gasteiger partial charge in [-0.2, -0.15) is 0 Å². The van der Waals surface area contributed by atoms with E-state index in [1.807, 2.05) is 4.90 Å². The Kier molecular flexibility index (Phi) is 7.15. The smallest absolute Gasteiger partial charge is 0.253 e. The molecule has 170 valence electrons. The number of likely N-dealkylation sites (N-methyl/N-ethyl adjacent to an activating group) is 1. The fraction of sp³-hybridized carbons (Fsp3) is 0.480. The average molecular weight is 439 g/mol. The maximum absolute atomic E-state index is 13.4. The normalized spacial score (nSPS) is 21.9. The highest BCUT2D eigenvalue weighted by molar-refractivity contribution is 5.94. The summed E-state index contributed by atoms with van der Waals surface area (Å²) >= 11 is 0. The van der Waals surface area contributed by atoms with Crippen molar-refractivity contribution in [2.75, 3.05) is 32.7 Å². The highest BCUT2D eigenvalue weighted by Crippen LogP contribution is 2.27. The Labute approximate surface area is 188 Å². The molecule has 1 aliphatic heterocycles. The van der Waals surface area contributed by atoms with Crippen molar-refractivity contribution >= 4 is 11.8 Å². The molecule has 2 amide bonds. The Hall–Kier alpha value is -2.80. The first-order chi connectivity index (χ1) is 15.5. The van der Waals surface area contributed by atoms with Gasteiger partial charge in [0.15, 0.2) is 0 Å². The van der Waals surface area contributed by atoms with Gasteiger partial charge in [0.1, 0.15) is 5.82 Å². The van der Waals surface area contributed by atoms with Gasteiger partial charge in [0, 0.05) is 49.9 Å². The zero-order chi connectivity index (χ0) is 22.5. The van der Waals surface area contributed by atoms with E-state index in [0.717, 1.165) is 52.0 Å². The second-order valence-corrected chi connectivity index (χ2v) is 8.74. The van der Waals surface area contributed by atoms with E-state index in [4.69, 9.17) is 0 Å². The van der Waals surface area contributed by atoms with Gasteiger partial charge in [-0.25, -0.2) is 4.39 Å². The maximum atomic E-state index is 13.4. The van der Waals surface area contributed by atoms with Crippen LogP contribution in [0.4, 0.5) is 4.39 Å². The molecule has 1 aromatic heterocycles. The van der Waals surface area contributed by atoms with Crippen LogP contribution in [0.2, 0.25) is 0 Å². The summed E-state index contributed by atoms with van der Waals surface area (Å²) < 4.78 is 13.4. The zero-order valence-corrected chi connectivity index (χ0v) is 18.6. The number of carbonyl (C=O) groups excluding carboxylic acids is 2. The van der Waals surface area contributed by atoms with Crippen LogP contribution in [0.15, 0.2) is 42.6 Å². The average Bonchev–Trinajstić information content (AvgIpc) is 2.84. The molecule has 2 heterocycles. The minimum Gasteiger partial charge on any atom is -0.349 e. The topological polar surface area (TPSA) is 65.5 Å². The third-order valence-electron chi connectivity index (χ3n) is 6.64. The van der Waals surface area contributed by atoms with Crippen LogP contribution in [0.1, 0.15) is 43.0 Å². The minimum absolute atomic E-state index is 0.00923. The number of nitrogens with one attached hydrogen (secondary N) is 1. The van der Waals surface area contributed by atoms with Gasteiger partial charge in [-0.3, -0.25) is 14.6 Å². The van der Waals surface area contributed by atoms with Gasteiger partial charge in [0.05, 0.1) is 11.3 Å². The zero-order valence-electron chi connectivity index (χ0n) is 18.6. The number of pyridine rings is 1. The van der Waals surface area contributed by atoms with E-state index in [9.17, 15) is 14.0 Å². The first-order valence-corrected chi connectivity index (χ1v) is 11.6. The molecule has 1 N–H and O–H groups in total. The second-order valence-electron chi connectivity index (χ2n) is 8.74. The number of hydrogen-bond acceptors (Lipinski definition) is 4. The minimum atomic E-state index is -0.320. The van der Waals surface area contributed by atoms with Crippen molar-refractivity contribution in [3.8, 4) is 11.3 Å². The Balaban J connectivity index is 1.32. The molecule has 2 atom stereocenters. The Morgan fingerprint density at radius 2 is 1.94 bits per heavy atom. The molecule has 0 bridgehead atoms. The van der Waals surface area contributed by atoms with Gasteiger partial charge in [-0.05, 0) is 50.1 Å². The molecule has 1 aliphatic carbocycles. The van der Waals surface area contributed by atoms with E-state index in [1.165, 1.54) is 18.3 Å². The number of benzene rings is 1. The fourth-order valence-corrected chi connectivity index (χ4v) is 4.70. The lowest BCUT2D eigenvalue weighted by molar-refractivity contribution is -0.138. The molecule has 2 aliphatic rings. The van der Waals surface area contributed by atoms with E-state index in [1.54, 1.807) is 24.3 Å². The third-order valence-corrected chi connectivity index (χ3v) is 6.64. The van der Waals surface area contributed by atoms with Gasteiger partial charge in [0.25, 0.3) is 5.91 Å². The molecule has 2 aromatic rings. The summed E-state index contributed by atoms with van der Waals surface area (Å²) in [6.45, 7) is 6.64. The van der Waals surface area contributed by atoms with Gasteiger partial charge in [0.2, 0.25) is 5.91 Å². The van der Waals surface area contributed by atoms with E-state index < -0.39 is 0 Å². The lowest BCUT2D eigenvalue weighted by atomic mass is 9.84. The maximum Gasteiger partial charge on any atom is 0.253 e. The molecular weight excluding hydrogens is 407 g/mol. The number of rotatable bonds is 5. The van der Waals surface area contributed by atoms with E-state index in [2.05, 4.69) is 22.1 Å². The summed E-state index contributed by atoms with van der Waals surface area (Å²) in [6.07, 6.45) is 4.92. The van der Waals surface area contributed by atoms with Crippen molar-refractivity contribution in [3.63, 3.8) is 0 Å². The first kappa shape index (κ1) is 22.4. The van der Waals surface area contributed by atoms with E-state index in [-0.39, 0.29) is 29.6 Å². The number of hydrogen-bond donors (Lipinski definition) is 1. The molecule has 0 radical (unpaired) electrons. The van der Waals surface area contributed by atoms with Crippen molar-refractivity contribution in [2.24, 2.45) is 5.92 Å². The summed E-state index contributed by atoms with van der Waals surface area (Å²) in [6, 6.07) is 9.66. The predicted molar refractivity (Wildman–Crippen MR) is 122 cm³/mol. The monoisotopic (exact) mass is 438 g/mol. The number of aromatic nitrogens is 1. The van der Waals surface area contributed by atoms with Crippen LogP contribution in [0, 0.1) is 11.7 Å². The largest absolute Gasteiger partial charge is 0.349 e. The number of nitrogens with zero attached hydrogens (tertiary/aromatic N) is 3. The van der Waals surface area contributed by atoms with E-state index >= 15 is 0 Å². The molecule has 1 aromatic carbocycles. The van der Waals surface area contributed by atoms with Crippen LogP contribution in [0.25, 0.3) is 11.3 Å². The lowest BCUT2D eigenvalue weighted by Gasteiger charge is -2.38. The van der Waals surface area contributed by atoms with Crippen molar-refractivity contribution in [3.05, 3.63) is 54.0 Å². The summed E-state index contributed by atoms with van der Waals surface area (Å²) in [5.41, 5.74) is 1.76. The van der Waals surface area contributed by atoms with Crippen molar-refractivity contribution in [1.29, 1.82) is 0 Å². The number of piperazine rings is 1. The van der Waals surface area contributed by atoms with Crippen LogP contribution in [-0.4, -0.2) is 65.4 Å². The molecule has 4 rings (SSSR count). The number of amides is 2. The Morgan fingerprint density at radius 3 is 2.62 bits per heavy atom. The van der Waals surface area contributed by atoms with Crippen molar-refractivity contribution < 1.29 is 14.0 Å². The van der Waals surface area contributed by atoms with Gasteiger partial charge in [-0.1, -0.05) is 25.5 Å². The lowest BCUT2D eigenvalue weighted by Crippen LogP contribution is -2.51. The molecule has 6 nitrogen and oxygen atoms in total. The Bertz CT molecular complexity index is 941. The van der Waals surface area contributed by atoms with E-state index in [0.29, 0.717) is 23.2 Å². The van der Waals surface area contributed by atoms with Crippen LogP contribution in [0.3, 0.4) is 0 Å². The summed E-state index contributed by atoms with van der Waals surface area (Å²) in [7, 11) is 0. The molecule has 1 saturated heterocycles. The van der Waals surface area contributed by atoms with Crippen LogP contribution in [0.5, 0.6) is 0 Å². The quantitative estimate of drug-likeness (QED) is 0.778. The van der Waals surface area contributed by atoms with Crippen LogP contribution >= 0.6 is 0 Å². The SMILES string of the molecule is CCN1CCN(C(=O)[C@H]2CCC[C@@H](NC(=O)c3ccc(-c4cccc(F)c4)nc3)C2)CC1. The summed E-state index contributed by atoms with van der Waals surface area (Å²) in [5, 5.41) is 3.09.